The predicted molar refractivity (Wildman–Crippen MR) is 127 cm³/mol. The molecule has 1 aliphatic rings. The molecule has 3 rings (SSSR count). The molecule has 1 aliphatic heterocycles. The summed E-state index contributed by atoms with van der Waals surface area (Å²) in [6, 6.07) is 10.3. The van der Waals surface area contributed by atoms with Crippen LogP contribution in [-0.4, -0.2) is 66.0 Å². The van der Waals surface area contributed by atoms with Gasteiger partial charge in [0.15, 0.2) is 5.96 Å². The summed E-state index contributed by atoms with van der Waals surface area (Å²) in [4.78, 5) is 17.0. The van der Waals surface area contributed by atoms with E-state index in [0.717, 1.165) is 29.6 Å². The molecule has 0 spiro atoms. The van der Waals surface area contributed by atoms with E-state index >= 15 is 0 Å². The minimum atomic E-state index is 0. The van der Waals surface area contributed by atoms with Gasteiger partial charge in [0.2, 0.25) is 0 Å². The summed E-state index contributed by atoms with van der Waals surface area (Å²) in [5.41, 5.74) is 2.20. The third-order valence-corrected chi connectivity index (χ3v) is 5.06. The molecule has 0 bridgehead atoms. The Kier molecular flexibility index (Phi) is 9.77. The summed E-state index contributed by atoms with van der Waals surface area (Å²) < 4.78 is 0. The zero-order valence-electron chi connectivity index (χ0n) is 17.0. The van der Waals surface area contributed by atoms with E-state index in [0.29, 0.717) is 6.54 Å². The molecule has 2 heterocycles. The van der Waals surface area contributed by atoms with Crippen molar-refractivity contribution in [2.45, 2.75) is 32.2 Å². The second kappa shape index (κ2) is 12.1. The van der Waals surface area contributed by atoms with Crippen LogP contribution in [0.3, 0.4) is 0 Å². The van der Waals surface area contributed by atoms with E-state index < -0.39 is 0 Å². The molecule has 1 saturated heterocycles. The van der Waals surface area contributed by atoms with Crippen molar-refractivity contribution in [3.8, 4) is 11.3 Å². The lowest BCUT2D eigenvalue weighted by molar-refractivity contribution is 0.330. The van der Waals surface area contributed by atoms with E-state index in [1.807, 2.05) is 38.5 Å². The van der Waals surface area contributed by atoms with Crippen LogP contribution < -0.4 is 5.32 Å². The van der Waals surface area contributed by atoms with Crippen LogP contribution in [0.2, 0.25) is 0 Å². The molecular formula is C21H33IN6. The van der Waals surface area contributed by atoms with Gasteiger partial charge in [0, 0.05) is 20.6 Å². The lowest BCUT2D eigenvalue weighted by atomic mass is 10.2. The molecule has 6 nitrogen and oxygen atoms in total. The number of aromatic nitrogens is 2. The summed E-state index contributed by atoms with van der Waals surface area (Å²) in [5, 5.41) is 3.47. The third kappa shape index (κ3) is 6.77. The summed E-state index contributed by atoms with van der Waals surface area (Å²) >= 11 is 0. The van der Waals surface area contributed by atoms with Gasteiger partial charge in [0.05, 0.1) is 18.4 Å². The molecule has 0 saturated carbocycles. The first-order valence-corrected chi connectivity index (χ1v) is 9.99. The van der Waals surface area contributed by atoms with Crippen molar-refractivity contribution >= 4 is 29.9 Å². The van der Waals surface area contributed by atoms with Crippen LogP contribution in [0.15, 0.2) is 41.5 Å². The maximum atomic E-state index is 4.52. The summed E-state index contributed by atoms with van der Waals surface area (Å²) in [6.45, 7) is 5.45. The first kappa shape index (κ1) is 22.7. The lowest BCUT2D eigenvalue weighted by Crippen LogP contribution is -2.39. The van der Waals surface area contributed by atoms with Gasteiger partial charge in [-0.2, -0.15) is 0 Å². The van der Waals surface area contributed by atoms with Crippen LogP contribution in [-0.2, 0) is 6.54 Å². The summed E-state index contributed by atoms with van der Waals surface area (Å²) in [6.07, 6.45) is 7.05. The highest BCUT2D eigenvalue weighted by atomic mass is 127. The molecule has 2 aromatic rings. The van der Waals surface area contributed by atoms with Crippen molar-refractivity contribution in [3.05, 3.63) is 42.4 Å². The second-order valence-corrected chi connectivity index (χ2v) is 7.20. The molecule has 0 atom stereocenters. The number of H-pyrrole nitrogens is 1. The van der Waals surface area contributed by atoms with E-state index in [-0.39, 0.29) is 24.0 Å². The Bertz CT molecular complexity index is 709. The van der Waals surface area contributed by atoms with Crippen LogP contribution in [0, 0.1) is 0 Å². The standard InChI is InChI=1S/C21H32N6.HI/c1-22-21(23-12-6-7-13-27-14-8-9-15-27)26(2)17-20-24-16-19(25-20)18-10-4-3-5-11-18;/h3-5,10-11,16H,6-9,12-15,17H2,1-2H3,(H,22,23)(H,24,25);1H. The Balaban J connectivity index is 0.00000280. The summed E-state index contributed by atoms with van der Waals surface area (Å²) in [7, 11) is 3.88. The van der Waals surface area contributed by atoms with Gasteiger partial charge in [-0.15, -0.1) is 24.0 Å². The van der Waals surface area contributed by atoms with Crippen LogP contribution in [0.25, 0.3) is 11.3 Å². The van der Waals surface area contributed by atoms with Gasteiger partial charge in [0.25, 0.3) is 0 Å². The van der Waals surface area contributed by atoms with Crippen LogP contribution in [0.4, 0.5) is 0 Å². The molecule has 1 aromatic carbocycles. The zero-order valence-corrected chi connectivity index (χ0v) is 19.4. The first-order valence-electron chi connectivity index (χ1n) is 9.99. The number of rotatable bonds is 8. The van der Waals surface area contributed by atoms with Crippen LogP contribution >= 0.6 is 24.0 Å². The van der Waals surface area contributed by atoms with Gasteiger partial charge >= 0.3 is 0 Å². The molecule has 28 heavy (non-hydrogen) atoms. The average molecular weight is 496 g/mol. The number of nitrogens with zero attached hydrogens (tertiary/aromatic N) is 4. The number of imidazole rings is 1. The Hall–Kier alpha value is -1.61. The highest BCUT2D eigenvalue weighted by Gasteiger charge is 2.11. The predicted octanol–water partition coefficient (Wildman–Crippen LogP) is 3.58. The van der Waals surface area contributed by atoms with E-state index in [1.165, 1.54) is 45.3 Å². The Morgan fingerprint density at radius 1 is 1.21 bits per heavy atom. The number of halogens is 1. The van der Waals surface area contributed by atoms with Crippen molar-refractivity contribution in [2.24, 2.45) is 4.99 Å². The van der Waals surface area contributed by atoms with E-state index in [2.05, 4.69) is 42.2 Å². The fourth-order valence-electron chi connectivity index (χ4n) is 3.56. The maximum Gasteiger partial charge on any atom is 0.193 e. The van der Waals surface area contributed by atoms with E-state index in [9.17, 15) is 0 Å². The van der Waals surface area contributed by atoms with Gasteiger partial charge in [-0.3, -0.25) is 4.99 Å². The van der Waals surface area contributed by atoms with Gasteiger partial charge in [-0.05, 0) is 50.9 Å². The fraction of sp³-hybridized carbons (Fsp3) is 0.524. The quantitative estimate of drug-likeness (QED) is 0.254. The monoisotopic (exact) mass is 496 g/mol. The van der Waals surface area contributed by atoms with Crippen molar-refractivity contribution < 1.29 is 0 Å². The molecule has 1 aromatic heterocycles. The topological polar surface area (TPSA) is 59.6 Å². The number of aromatic amines is 1. The minimum absolute atomic E-state index is 0. The number of nitrogens with one attached hydrogen (secondary N) is 2. The molecule has 0 unspecified atom stereocenters. The molecule has 2 N–H and O–H groups in total. The number of hydrogen-bond donors (Lipinski definition) is 2. The molecular weight excluding hydrogens is 463 g/mol. The SMILES string of the molecule is CN=C(NCCCCN1CCCC1)N(C)Cc1ncc(-c2ccccc2)[nH]1.I. The van der Waals surface area contributed by atoms with Crippen molar-refractivity contribution in [3.63, 3.8) is 0 Å². The molecule has 1 fully saturated rings. The fourth-order valence-corrected chi connectivity index (χ4v) is 3.56. The van der Waals surface area contributed by atoms with Crippen molar-refractivity contribution in [1.29, 1.82) is 0 Å². The molecule has 0 amide bonds. The lowest BCUT2D eigenvalue weighted by Gasteiger charge is -2.21. The first-order chi connectivity index (χ1) is 13.3. The zero-order chi connectivity index (χ0) is 18.9. The Morgan fingerprint density at radius 3 is 2.68 bits per heavy atom. The number of hydrogen-bond acceptors (Lipinski definition) is 3. The van der Waals surface area contributed by atoms with Gasteiger partial charge < -0.3 is 20.1 Å². The van der Waals surface area contributed by atoms with Gasteiger partial charge in [0.1, 0.15) is 5.82 Å². The molecule has 0 aliphatic carbocycles. The average Bonchev–Trinajstić information content (AvgIpc) is 3.37. The normalized spacial score (nSPS) is 14.7. The van der Waals surface area contributed by atoms with Crippen LogP contribution in [0.5, 0.6) is 0 Å². The largest absolute Gasteiger partial charge is 0.356 e. The van der Waals surface area contributed by atoms with Crippen molar-refractivity contribution in [1.82, 2.24) is 25.1 Å². The van der Waals surface area contributed by atoms with Crippen molar-refractivity contribution in [2.75, 3.05) is 40.3 Å². The summed E-state index contributed by atoms with van der Waals surface area (Å²) in [5.74, 6) is 1.85. The molecule has 7 heteroatoms. The van der Waals surface area contributed by atoms with E-state index in [4.69, 9.17) is 0 Å². The van der Waals surface area contributed by atoms with Gasteiger partial charge in [-0.25, -0.2) is 4.98 Å². The number of unbranched alkanes of at least 4 members (excludes halogenated alkanes) is 1. The highest BCUT2D eigenvalue weighted by molar-refractivity contribution is 14.0. The number of benzene rings is 1. The smallest absolute Gasteiger partial charge is 0.193 e. The highest BCUT2D eigenvalue weighted by Crippen LogP contribution is 2.16. The number of likely N-dealkylation sites (tertiary alicyclic amines) is 1. The maximum absolute atomic E-state index is 4.52. The molecule has 154 valence electrons. The Labute approximate surface area is 185 Å². The Morgan fingerprint density at radius 2 is 1.96 bits per heavy atom. The van der Waals surface area contributed by atoms with Crippen LogP contribution in [0.1, 0.15) is 31.5 Å². The minimum Gasteiger partial charge on any atom is -0.356 e. The number of aliphatic imine (C=N–C) groups is 1. The third-order valence-electron chi connectivity index (χ3n) is 5.06. The number of guanidine groups is 1. The molecule has 0 radical (unpaired) electrons. The van der Waals surface area contributed by atoms with Gasteiger partial charge in [-0.1, -0.05) is 30.3 Å². The van der Waals surface area contributed by atoms with E-state index in [1.54, 1.807) is 0 Å². The second-order valence-electron chi connectivity index (χ2n) is 7.20.